The number of methoxy groups -OCH3 is 1. The Hall–Kier alpha value is -2.74. The molecule has 0 saturated carbocycles. The highest BCUT2D eigenvalue weighted by atomic mass is 32.2. The van der Waals surface area contributed by atoms with Crippen LogP contribution < -0.4 is 4.74 Å². The summed E-state index contributed by atoms with van der Waals surface area (Å²) in [6, 6.07) is 23.1. The van der Waals surface area contributed by atoms with E-state index in [1.807, 2.05) is 42.5 Å². The SMILES string of the molecule is COc1ccc(CN(C)S(=O)(=O)CC(C)(COCc2ccccc2)c2ccccc2F)cc1. The number of sulfonamides is 1. The van der Waals surface area contributed by atoms with E-state index in [0.717, 1.165) is 11.1 Å². The first-order valence-electron chi connectivity index (χ1n) is 10.7. The first kappa shape index (κ1) is 24.9. The fourth-order valence-electron chi connectivity index (χ4n) is 3.72. The second-order valence-electron chi connectivity index (χ2n) is 8.38. The Labute approximate surface area is 195 Å². The first-order chi connectivity index (χ1) is 15.7. The van der Waals surface area contributed by atoms with Crippen LogP contribution in [0.15, 0.2) is 78.9 Å². The number of rotatable bonds is 11. The van der Waals surface area contributed by atoms with Crippen LogP contribution >= 0.6 is 0 Å². The average Bonchev–Trinajstić information content (AvgIpc) is 2.80. The summed E-state index contributed by atoms with van der Waals surface area (Å²) in [5.74, 6) is -0.0363. The molecule has 0 fully saturated rings. The van der Waals surface area contributed by atoms with E-state index in [-0.39, 0.29) is 18.9 Å². The molecule has 176 valence electrons. The molecular formula is C26H30FNO4S. The maximum absolute atomic E-state index is 14.8. The van der Waals surface area contributed by atoms with Gasteiger partial charge in [-0.15, -0.1) is 0 Å². The third kappa shape index (κ3) is 6.63. The zero-order valence-electron chi connectivity index (χ0n) is 19.2. The van der Waals surface area contributed by atoms with Crippen LogP contribution in [0, 0.1) is 5.82 Å². The number of ether oxygens (including phenoxy) is 2. The maximum atomic E-state index is 14.8. The monoisotopic (exact) mass is 471 g/mol. The molecule has 0 heterocycles. The van der Waals surface area contributed by atoms with Crippen molar-refractivity contribution in [1.82, 2.24) is 4.31 Å². The van der Waals surface area contributed by atoms with Crippen molar-refractivity contribution in [3.8, 4) is 5.75 Å². The molecule has 3 aromatic rings. The van der Waals surface area contributed by atoms with Crippen LogP contribution in [-0.2, 0) is 33.3 Å². The van der Waals surface area contributed by atoms with Crippen LogP contribution in [0.4, 0.5) is 4.39 Å². The van der Waals surface area contributed by atoms with Gasteiger partial charge in [-0.1, -0.05) is 67.6 Å². The lowest BCUT2D eigenvalue weighted by Crippen LogP contribution is -2.42. The predicted molar refractivity (Wildman–Crippen MR) is 128 cm³/mol. The highest BCUT2D eigenvalue weighted by molar-refractivity contribution is 7.89. The average molecular weight is 472 g/mol. The van der Waals surface area contributed by atoms with Crippen LogP contribution in [0.25, 0.3) is 0 Å². The van der Waals surface area contributed by atoms with Gasteiger partial charge in [0.25, 0.3) is 0 Å². The van der Waals surface area contributed by atoms with Gasteiger partial charge in [0.1, 0.15) is 11.6 Å². The molecule has 33 heavy (non-hydrogen) atoms. The third-order valence-corrected chi connectivity index (χ3v) is 7.68. The Kier molecular flexibility index (Phi) is 8.24. The zero-order valence-corrected chi connectivity index (χ0v) is 20.0. The van der Waals surface area contributed by atoms with Crippen molar-refractivity contribution >= 4 is 10.0 Å². The summed E-state index contributed by atoms with van der Waals surface area (Å²) in [5.41, 5.74) is 1.04. The van der Waals surface area contributed by atoms with Gasteiger partial charge in [0.2, 0.25) is 10.0 Å². The summed E-state index contributed by atoms with van der Waals surface area (Å²) in [6.45, 7) is 2.30. The molecule has 0 N–H and O–H groups in total. The lowest BCUT2D eigenvalue weighted by Gasteiger charge is -2.32. The number of benzene rings is 3. The molecule has 0 radical (unpaired) electrons. The lowest BCUT2D eigenvalue weighted by atomic mass is 9.85. The van der Waals surface area contributed by atoms with E-state index in [1.54, 1.807) is 44.4 Å². The van der Waals surface area contributed by atoms with Crippen molar-refractivity contribution in [3.63, 3.8) is 0 Å². The molecule has 3 aromatic carbocycles. The van der Waals surface area contributed by atoms with E-state index < -0.39 is 21.3 Å². The molecule has 0 aromatic heterocycles. The Morgan fingerprint density at radius 3 is 2.18 bits per heavy atom. The molecule has 0 spiro atoms. The number of nitrogens with zero attached hydrogens (tertiary/aromatic N) is 1. The Morgan fingerprint density at radius 2 is 1.55 bits per heavy atom. The fourth-order valence-corrected chi connectivity index (χ4v) is 5.33. The smallest absolute Gasteiger partial charge is 0.215 e. The molecule has 3 rings (SSSR count). The summed E-state index contributed by atoms with van der Waals surface area (Å²) >= 11 is 0. The third-order valence-electron chi connectivity index (χ3n) is 5.60. The van der Waals surface area contributed by atoms with Crippen molar-refractivity contribution in [2.24, 2.45) is 0 Å². The van der Waals surface area contributed by atoms with Gasteiger partial charge in [-0.2, -0.15) is 0 Å². The van der Waals surface area contributed by atoms with Crippen LogP contribution in [0.2, 0.25) is 0 Å². The van der Waals surface area contributed by atoms with Gasteiger partial charge in [0.05, 0.1) is 26.1 Å². The summed E-state index contributed by atoms with van der Waals surface area (Å²) in [7, 11) is -0.624. The minimum atomic E-state index is -3.74. The van der Waals surface area contributed by atoms with E-state index in [4.69, 9.17) is 9.47 Å². The first-order valence-corrected chi connectivity index (χ1v) is 12.3. The molecule has 0 aliphatic rings. The van der Waals surface area contributed by atoms with Gasteiger partial charge in [0.15, 0.2) is 0 Å². The van der Waals surface area contributed by atoms with E-state index >= 15 is 0 Å². The fraction of sp³-hybridized carbons (Fsp3) is 0.308. The van der Waals surface area contributed by atoms with E-state index in [9.17, 15) is 12.8 Å². The highest BCUT2D eigenvalue weighted by Gasteiger charge is 2.37. The minimum absolute atomic E-state index is 0.0540. The van der Waals surface area contributed by atoms with Crippen LogP contribution in [0.5, 0.6) is 5.75 Å². The Morgan fingerprint density at radius 1 is 0.909 bits per heavy atom. The normalized spacial score (nSPS) is 13.6. The summed E-state index contributed by atoms with van der Waals surface area (Å²) < 4.78 is 53.7. The molecule has 5 nitrogen and oxygen atoms in total. The van der Waals surface area contributed by atoms with Gasteiger partial charge in [0, 0.05) is 19.0 Å². The number of hydrogen-bond acceptors (Lipinski definition) is 4. The largest absolute Gasteiger partial charge is 0.497 e. The molecule has 0 saturated heterocycles. The van der Waals surface area contributed by atoms with Gasteiger partial charge < -0.3 is 9.47 Å². The summed E-state index contributed by atoms with van der Waals surface area (Å²) in [5, 5.41) is 0. The van der Waals surface area contributed by atoms with Gasteiger partial charge in [-0.25, -0.2) is 17.1 Å². The second-order valence-corrected chi connectivity index (χ2v) is 10.5. The van der Waals surface area contributed by atoms with Crippen molar-refractivity contribution in [2.75, 3.05) is 26.5 Å². The van der Waals surface area contributed by atoms with Gasteiger partial charge in [-0.3, -0.25) is 0 Å². The lowest BCUT2D eigenvalue weighted by molar-refractivity contribution is 0.0819. The van der Waals surface area contributed by atoms with Crippen molar-refractivity contribution in [2.45, 2.75) is 25.5 Å². The van der Waals surface area contributed by atoms with Crippen molar-refractivity contribution < 1.29 is 22.3 Å². The highest BCUT2D eigenvalue weighted by Crippen LogP contribution is 2.30. The molecule has 0 aliphatic heterocycles. The standard InChI is InChI=1S/C26H30FNO4S/c1-26(24-11-7-8-12-25(24)27,19-32-18-22-9-5-4-6-10-22)20-33(29,30)28(2)17-21-13-15-23(31-3)16-14-21/h4-16H,17-20H2,1-3H3. The quantitative estimate of drug-likeness (QED) is 0.404. The summed E-state index contributed by atoms with van der Waals surface area (Å²) in [4.78, 5) is 0. The Balaban J connectivity index is 1.79. The van der Waals surface area contributed by atoms with Crippen LogP contribution in [0.1, 0.15) is 23.6 Å². The van der Waals surface area contributed by atoms with E-state index in [2.05, 4.69) is 0 Å². The minimum Gasteiger partial charge on any atom is -0.497 e. The number of halogens is 1. The molecule has 7 heteroatoms. The summed E-state index contributed by atoms with van der Waals surface area (Å²) in [6.07, 6.45) is 0. The Bertz CT molecular complexity index is 1140. The molecule has 1 atom stereocenters. The van der Waals surface area contributed by atoms with Gasteiger partial charge in [-0.05, 0) is 34.9 Å². The zero-order chi connectivity index (χ0) is 23.9. The molecule has 0 aliphatic carbocycles. The van der Waals surface area contributed by atoms with Crippen molar-refractivity contribution in [3.05, 3.63) is 101 Å². The molecular weight excluding hydrogens is 441 g/mol. The molecule has 0 amide bonds. The maximum Gasteiger partial charge on any atom is 0.215 e. The van der Waals surface area contributed by atoms with E-state index in [1.165, 1.54) is 17.4 Å². The van der Waals surface area contributed by atoms with Crippen LogP contribution in [0.3, 0.4) is 0 Å². The van der Waals surface area contributed by atoms with E-state index in [0.29, 0.717) is 17.9 Å². The predicted octanol–water partition coefficient (Wildman–Crippen LogP) is 4.77. The molecule has 0 bridgehead atoms. The van der Waals surface area contributed by atoms with Gasteiger partial charge >= 0.3 is 0 Å². The second kappa shape index (κ2) is 10.9. The number of hydrogen-bond donors (Lipinski definition) is 0. The van der Waals surface area contributed by atoms with Crippen molar-refractivity contribution in [1.29, 1.82) is 0 Å². The van der Waals surface area contributed by atoms with Crippen LogP contribution in [-0.4, -0.2) is 39.2 Å². The molecule has 1 unspecified atom stereocenters. The topological polar surface area (TPSA) is 55.8 Å².